The van der Waals surface area contributed by atoms with Crippen molar-refractivity contribution in [3.05, 3.63) is 156 Å². The van der Waals surface area contributed by atoms with Crippen LogP contribution in [0.4, 0.5) is 28.1 Å². The van der Waals surface area contributed by atoms with Crippen molar-refractivity contribution in [3.8, 4) is 22.5 Å². The highest BCUT2D eigenvalue weighted by Gasteiger charge is 2.34. The number of likely N-dealkylation sites (N-methyl/N-ethyl adjacent to an activating group) is 4. The van der Waals surface area contributed by atoms with Gasteiger partial charge in [-0.1, -0.05) is 71.8 Å². The van der Waals surface area contributed by atoms with Crippen LogP contribution in [-0.2, 0) is 27.4 Å². The van der Waals surface area contributed by atoms with Crippen molar-refractivity contribution in [2.24, 2.45) is 0 Å². The van der Waals surface area contributed by atoms with Crippen LogP contribution in [0.5, 0.6) is 0 Å². The number of halogens is 2. The van der Waals surface area contributed by atoms with Gasteiger partial charge in [0, 0.05) is 115 Å². The number of carbonyl (C=O) groups is 3. The number of nitrogens with zero attached hydrogens (tertiary/aromatic N) is 11. The third-order valence-corrected chi connectivity index (χ3v) is 16.2. The molecule has 0 spiro atoms. The second-order valence-corrected chi connectivity index (χ2v) is 25.1. The zero-order chi connectivity index (χ0) is 63.2. The van der Waals surface area contributed by atoms with E-state index in [0.29, 0.717) is 64.6 Å². The van der Waals surface area contributed by atoms with Crippen LogP contribution >= 0.6 is 23.2 Å². The summed E-state index contributed by atoms with van der Waals surface area (Å²) in [6.07, 6.45) is 24.6. The van der Waals surface area contributed by atoms with Crippen LogP contribution in [0.1, 0.15) is 83.5 Å². The normalized spacial score (nSPS) is 17.0. The third kappa shape index (κ3) is 18.0. The van der Waals surface area contributed by atoms with E-state index in [1.807, 2.05) is 150 Å². The molecular weight excluding hydrogens is 1160 g/mol. The second kappa shape index (κ2) is 30.3. The van der Waals surface area contributed by atoms with Crippen LogP contribution in [0, 0.1) is 0 Å². The number of amides is 3. The number of benzene rings is 2. The number of hydrogen-bond acceptors (Lipinski definition) is 15. The smallest absolute Gasteiger partial charge is 0.410 e. The van der Waals surface area contributed by atoms with E-state index in [0.717, 1.165) is 101 Å². The topological polar surface area (TPSA) is 222 Å². The molecule has 3 amide bonds. The van der Waals surface area contributed by atoms with Crippen molar-refractivity contribution >= 4 is 86.2 Å². The van der Waals surface area contributed by atoms with E-state index in [-0.39, 0.29) is 42.6 Å². The molecule has 0 bridgehead atoms. The largest absolute Gasteiger partial charge is 0.444 e. The lowest BCUT2D eigenvalue weighted by molar-refractivity contribution is -0.114. The molecule has 4 atom stereocenters. The first kappa shape index (κ1) is 65.2. The quantitative estimate of drug-likeness (QED) is 0.0448. The van der Waals surface area contributed by atoms with E-state index >= 15 is 0 Å². The fourth-order valence-corrected chi connectivity index (χ4v) is 11.3. The zero-order valence-electron chi connectivity index (χ0n) is 52.3. The maximum Gasteiger partial charge on any atom is 0.410 e. The molecule has 6 aromatic heterocycles. The summed E-state index contributed by atoms with van der Waals surface area (Å²) in [7, 11) is 11.3. The molecule has 2 aliphatic carbocycles. The predicted molar refractivity (Wildman–Crippen MR) is 357 cm³/mol. The predicted octanol–water partition coefficient (Wildman–Crippen LogP) is 12.2. The number of anilines is 4. The number of rotatable bonds is 20. The number of ether oxygens (including phenoxy) is 1. The molecule has 0 saturated heterocycles. The first-order valence-corrected chi connectivity index (χ1v) is 31.0. The summed E-state index contributed by atoms with van der Waals surface area (Å²) in [6.45, 7) is 7.93. The lowest BCUT2D eigenvalue weighted by atomic mass is 9.90. The minimum Gasteiger partial charge on any atom is -0.444 e. The lowest BCUT2D eigenvalue weighted by Gasteiger charge is -2.38. The first-order chi connectivity index (χ1) is 42.7. The molecule has 2 aliphatic rings. The summed E-state index contributed by atoms with van der Waals surface area (Å²) in [5.41, 5.74) is 7.73. The van der Waals surface area contributed by atoms with Gasteiger partial charge in [-0.2, -0.15) is 0 Å². The summed E-state index contributed by atoms with van der Waals surface area (Å²) in [5, 5.41) is 13.8. The molecule has 10 rings (SSSR count). The van der Waals surface area contributed by atoms with Crippen LogP contribution in [0.2, 0.25) is 10.0 Å². The van der Waals surface area contributed by atoms with Crippen molar-refractivity contribution in [1.82, 2.24) is 59.9 Å². The number of pyridine rings is 2. The third-order valence-electron chi connectivity index (χ3n) is 15.7. The van der Waals surface area contributed by atoms with Crippen molar-refractivity contribution in [2.45, 2.75) is 115 Å². The Bertz CT molecular complexity index is 3730. The Morgan fingerprint density at radius 1 is 0.607 bits per heavy atom. The molecule has 20 nitrogen and oxygen atoms in total. The number of nitrogens with one attached hydrogen (secondary N) is 5. The average molecular weight is 1250 g/mol. The van der Waals surface area contributed by atoms with Gasteiger partial charge < -0.3 is 50.3 Å². The Balaban J connectivity index is 0.000000214. The Morgan fingerprint density at radius 2 is 1.09 bits per heavy atom. The van der Waals surface area contributed by atoms with Crippen molar-refractivity contribution < 1.29 is 19.1 Å². The molecule has 5 N–H and O–H groups in total. The van der Waals surface area contributed by atoms with Crippen LogP contribution in [0.3, 0.4) is 0 Å². The van der Waals surface area contributed by atoms with Crippen molar-refractivity contribution in [3.63, 3.8) is 0 Å². The Morgan fingerprint density at radius 3 is 1.58 bits per heavy atom. The van der Waals surface area contributed by atoms with Crippen molar-refractivity contribution in [1.29, 1.82) is 0 Å². The van der Waals surface area contributed by atoms with Gasteiger partial charge in [-0.25, -0.2) is 24.7 Å². The number of H-pyrrole nitrogens is 2. The highest BCUT2D eigenvalue weighted by atomic mass is 35.5. The minimum absolute atomic E-state index is 0.0289. The number of carbonyl (C=O) groups excluding carboxylic acids is 3. The van der Waals surface area contributed by atoms with Crippen LogP contribution < -0.4 is 25.8 Å². The standard InChI is InChI=1S/C36H45ClN8O3.C31H37ClN8O/c1-36(2,3)48-35(47)45(23-25-16-17-27(20-38-25)44(6)32(46)15-10-18-43(4)5)26-12-9-11-24(19-26)41-34-40-22-30(37)33(42-34)29-21-39-31-14-8-7-13-28(29)31;1-39(2)15-7-12-29(41)40(3)24-14-13-23(34-18-24)17-33-21-8-6-9-22(16-21)37-31-36-20-27(32)30(38-31)26-19-35-28-11-5-4-10-25(26)28/h7-8,10,13-17,20-22,24,26,39H,9,11-12,18-19,23H2,1-6H3,(H,40,41,42);4-5,7,10-14,18-22,33,35H,6,8-9,15-17H2,1-3H3,(H,36,37,38)/b15-10+;12-7+/t24-,26+;21-,22+/m10/s1. The van der Waals surface area contributed by atoms with Gasteiger partial charge in [0.05, 0.1) is 75.5 Å². The first-order valence-electron chi connectivity index (χ1n) is 30.3. The van der Waals surface area contributed by atoms with Gasteiger partial charge in [-0.3, -0.25) is 24.5 Å². The maximum atomic E-state index is 13.6. The van der Waals surface area contributed by atoms with Crippen molar-refractivity contribution in [2.75, 3.05) is 75.8 Å². The minimum atomic E-state index is -0.655. The number of fused-ring (bicyclic) bond motifs is 2. The number of para-hydroxylation sites is 2. The molecule has 0 aliphatic heterocycles. The van der Waals surface area contributed by atoms with E-state index in [4.69, 9.17) is 37.9 Å². The van der Waals surface area contributed by atoms with E-state index in [9.17, 15) is 14.4 Å². The summed E-state index contributed by atoms with van der Waals surface area (Å²) < 4.78 is 5.86. The van der Waals surface area contributed by atoms with E-state index < -0.39 is 5.60 Å². The van der Waals surface area contributed by atoms with Gasteiger partial charge in [-0.05, 0) is 137 Å². The highest BCUT2D eigenvalue weighted by Crippen LogP contribution is 2.36. The molecular formula is C67H82Cl2N16O4. The molecule has 8 aromatic rings. The van der Waals surface area contributed by atoms with Crippen LogP contribution in [0.25, 0.3) is 44.3 Å². The molecule has 6 heterocycles. The monoisotopic (exact) mass is 1240 g/mol. The van der Waals surface area contributed by atoms with Gasteiger partial charge in [0.25, 0.3) is 0 Å². The molecule has 0 unspecified atom stereocenters. The van der Waals surface area contributed by atoms with Gasteiger partial charge in [0.1, 0.15) is 5.60 Å². The van der Waals surface area contributed by atoms with Gasteiger partial charge in [0.2, 0.25) is 23.7 Å². The summed E-state index contributed by atoms with van der Waals surface area (Å²) in [5.74, 6) is 0.869. The SMILES string of the molecule is CN(C)C/C=C/C(=O)N(C)c1ccc(CN(C(=O)OC(C)(C)C)[C@H]2CCC[C@@H](Nc3ncc(Cl)c(-c4c[nH]c5ccccc45)n3)C2)nc1.CN(C)C/C=C/C(=O)N(C)c1ccc(CN[C@H]2CCC[C@@H](Nc3ncc(Cl)c(-c4c[nH]c5ccccc45)n3)C2)nc1. The number of hydrogen-bond donors (Lipinski definition) is 5. The number of aromatic amines is 2. The molecule has 2 fully saturated rings. The Labute approximate surface area is 531 Å². The fraction of sp³-hybridized carbons (Fsp3) is 0.388. The Hall–Kier alpha value is -8.27. The maximum absolute atomic E-state index is 13.6. The van der Waals surface area contributed by atoms with Gasteiger partial charge in [0.15, 0.2) is 0 Å². The molecule has 468 valence electrons. The molecule has 22 heteroatoms. The molecule has 2 aromatic carbocycles. The van der Waals surface area contributed by atoms with E-state index in [1.54, 1.807) is 65.7 Å². The van der Waals surface area contributed by atoms with Crippen LogP contribution in [0.15, 0.2) is 134 Å². The molecule has 0 radical (unpaired) electrons. The fourth-order valence-electron chi connectivity index (χ4n) is 11.0. The molecule has 2 saturated carbocycles. The molecule has 89 heavy (non-hydrogen) atoms. The average Bonchev–Trinajstić information content (AvgIpc) is 1.95. The van der Waals surface area contributed by atoms with E-state index in [2.05, 4.69) is 51.9 Å². The van der Waals surface area contributed by atoms with Gasteiger partial charge >= 0.3 is 6.09 Å². The Kier molecular flexibility index (Phi) is 22.2. The van der Waals surface area contributed by atoms with Gasteiger partial charge in [-0.15, -0.1) is 0 Å². The highest BCUT2D eigenvalue weighted by molar-refractivity contribution is 6.33. The zero-order valence-corrected chi connectivity index (χ0v) is 53.8. The number of aromatic nitrogens is 8. The summed E-state index contributed by atoms with van der Waals surface area (Å²) in [4.78, 5) is 81.9. The van der Waals surface area contributed by atoms with E-state index in [1.165, 1.54) is 0 Å². The van der Waals surface area contributed by atoms with Crippen LogP contribution in [-0.4, -0.2) is 158 Å². The second-order valence-electron chi connectivity index (χ2n) is 24.3. The lowest BCUT2D eigenvalue weighted by Crippen LogP contribution is -2.47. The summed E-state index contributed by atoms with van der Waals surface area (Å²) in [6, 6.07) is 24.3. The summed E-state index contributed by atoms with van der Waals surface area (Å²) >= 11 is 13.1.